The van der Waals surface area contributed by atoms with E-state index in [-0.39, 0.29) is 6.04 Å². The van der Waals surface area contributed by atoms with E-state index < -0.39 is 0 Å². The quantitative estimate of drug-likeness (QED) is 0.185. The van der Waals surface area contributed by atoms with Gasteiger partial charge in [0, 0.05) is 51.6 Å². The van der Waals surface area contributed by atoms with Crippen molar-refractivity contribution in [3.05, 3.63) is 76.2 Å². The molecule has 5 rings (SSSR count). The van der Waals surface area contributed by atoms with Crippen LogP contribution in [0.15, 0.2) is 54.1 Å². The summed E-state index contributed by atoms with van der Waals surface area (Å²) in [6, 6.07) is 16.0. The Bertz CT molecular complexity index is 1380. The molecular formula is C29H33ClN6S. The molecule has 0 fully saturated rings. The molecule has 0 bridgehead atoms. The van der Waals surface area contributed by atoms with Crippen LogP contribution in [-0.4, -0.2) is 26.9 Å². The summed E-state index contributed by atoms with van der Waals surface area (Å²) in [5, 5.41) is 9.70. The summed E-state index contributed by atoms with van der Waals surface area (Å²) in [5.74, 6) is 0.686. The molecule has 0 aliphatic heterocycles. The Kier molecular flexibility index (Phi) is 8.34. The predicted octanol–water partition coefficient (Wildman–Crippen LogP) is 7.38. The number of unbranched alkanes of at least 4 members (excludes halogenated alkanes) is 1. The van der Waals surface area contributed by atoms with Gasteiger partial charge in [-0.1, -0.05) is 35.4 Å². The predicted molar refractivity (Wildman–Crippen MR) is 157 cm³/mol. The molecule has 1 aliphatic carbocycles. The molecule has 37 heavy (non-hydrogen) atoms. The lowest BCUT2D eigenvalue weighted by Crippen LogP contribution is -2.21. The van der Waals surface area contributed by atoms with E-state index in [1.165, 1.54) is 46.7 Å². The summed E-state index contributed by atoms with van der Waals surface area (Å²) in [7, 11) is 0. The molecule has 192 valence electrons. The lowest BCUT2D eigenvalue weighted by molar-refractivity contribution is 0.625. The molecule has 0 spiro atoms. The maximum atomic E-state index is 6.49. The van der Waals surface area contributed by atoms with Crippen LogP contribution in [0.5, 0.6) is 0 Å². The van der Waals surface area contributed by atoms with Crippen molar-refractivity contribution in [1.82, 2.24) is 14.3 Å². The van der Waals surface area contributed by atoms with Crippen LogP contribution in [0.4, 0.5) is 16.5 Å². The Morgan fingerprint density at radius 2 is 1.89 bits per heavy atom. The summed E-state index contributed by atoms with van der Waals surface area (Å²) in [4.78, 5) is 9.51. The molecule has 4 N–H and O–H groups in total. The average molecular weight is 533 g/mol. The first-order chi connectivity index (χ1) is 18.1. The van der Waals surface area contributed by atoms with Crippen molar-refractivity contribution in [2.45, 2.75) is 57.9 Å². The molecule has 8 heteroatoms. The summed E-state index contributed by atoms with van der Waals surface area (Å²) < 4.78 is 4.45. The smallest absolute Gasteiger partial charge is 0.207 e. The minimum atomic E-state index is -0.00862. The molecule has 6 nitrogen and oxygen atoms in total. The second-order valence-corrected chi connectivity index (χ2v) is 10.8. The van der Waals surface area contributed by atoms with Crippen molar-refractivity contribution in [1.29, 1.82) is 0 Å². The largest absolute Gasteiger partial charge is 0.384 e. The maximum absolute atomic E-state index is 6.49. The number of hydrogen-bond acceptors (Lipinski definition) is 7. The van der Waals surface area contributed by atoms with Crippen molar-refractivity contribution in [2.75, 3.05) is 17.2 Å². The van der Waals surface area contributed by atoms with Crippen LogP contribution >= 0.6 is 23.1 Å². The fraction of sp³-hybridized carbons (Fsp3) is 0.345. The number of hydrogen-bond donors (Lipinski definition) is 3. The summed E-state index contributed by atoms with van der Waals surface area (Å²) >= 11 is 7.29. The molecule has 0 radical (unpaired) electrons. The first-order valence-electron chi connectivity index (χ1n) is 13.0. The van der Waals surface area contributed by atoms with E-state index in [2.05, 4.69) is 51.2 Å². The molecule has 0 saturated carbocycles. The Morgan fingerprint density at radius 1 is 1.08 bits per heavy atom. The zero-order chi connectivity index (χ0) is 25.6. The van der Waals surface area contributed by atoms with E-state index in [0.717, 1.165) is 60.6 Å². The third-order valence-electron chi connectivity index (χ3n) is 6.89. The van der Waals surface area contributed by atoms with Crippen molar-refractivity contribution in [3.63, 3.8) is 0 Å². The van der Waals surface area contributed by atoms with Crippen LogP contribution in [0.2, 0.25) is 5.02 Å². The van der Waals surface area contributed by atoms with E-state index in [9.17, 15) is 0 Å². The van der Waals surface area contributed by atoms with Gasteiger partial charge in [-0.25, -0.2) is 0 Å². The molecule has 1 unspecified atom stereocenters. The van der Waals surface area contributed by atoms with Crippen LogP contribution in [0, 0.1) is 0 Å². The highest BCUT2D eigenvalue weighted by Gasteiger charge is 2.17. The molecule has 0 amide bonds. The highest BCUT2D eigenvalue weighted by atomic mass is 35.5. The number of nitrogens with two attached hydrogens (primary N) is 1. The minimum Gasteiger partial charge on any atom is -0.384 e. The Balaban J connectivity index is 1.12. The van der Waals surface area contributed by atoms with Gasteiger partial charge in [-0.3, -0.25) is 4.98 Å². The van der Waals surface area contributed by atoms with Gasteiger partial charge in [0.25, 0.3) is 0 Å². The zero-order valence-corrected chi connectivity index (χ0v) is 22.7. The SMILES string of the molecule is CC(=Cc1nsc(Nc2ccc(Cl)cc2)n1)C(N)CCCCNc1c2c(nc3ccccc13)CCCC2. The number of para-hydroxylation sites is 1. The van der Waals surface area contributed by atoms with Gasteiger partial charge in [0.2, 0.25) is 5.13 Å². The number of fused-ring (bicyclic) bond motifs is 2. The number of nitrogens with one attached hydrogen (secondary N) is 2. The van der Waals surface area contributed by atoms with Crippen molar-refractivity contribution < 1.29 is 0 Å². The normalized spacial score (nSPS) is 14.4. The van der Waals surface area contributed by atoms with Crippen LogP contribution in [-0.2, 0) is 12.8 Å². The number of aromatic nitrogens is 3. The van der Waals surface area contributed by atoms with Gasteiger partial charge in [-0.2, -0.15) is 9.36 Å². The molecular weight excluding hydrogens is 500 g/mol. The van der Waals surface area contributed by atoms with Crippen LogP contribution < -0.4 is 16.4 Å². The maximum Gasteiger partial charge on any atom is 0.207 e. The molecule has 0 saturated heterocycles. The molecule has 2 aromatic carbocycles. The number of benzene rings is 2. The van der Waals surface area contributed by atoms with Gasteiger partial charge in [-0.15, -0.1) is 0 Å². The lowest BCUT2D eigenvalue weighted by Gasteiger charge is -2.22. The second kappa shape index (κ2) is 12.0. The van der Waals surface area contributed by atoms with Gasteiger partial charge >= 0.3 is 0 Å². The van der Waals surface area contributed by atoms with E-state index >= 15 is 0 Å². The van der Waals surface area contributed by atoms with Crippen LogP contribution in [0.25, 0.3) is 17.0 Å². The van der Waals surface area contributed by atoms with Crippen molar-refractivity contribution in [2.24, 2.45) is 5.73 Å². The highest BCUT2D eigenvalue weighted by molar-refractivity contribution is 7.09. The average Bonchev–Trinajstić information content (AvgIpc) is 3.35. The first kappa shape index (κ1) is 25.6. The standard InChI is InChI=1S/C29H33ClN6S/c1-19(18-27-35-29(37-36-27)33-21-15-13-20(30)14-16-21)24(31)10-6-7-17-32-28-22-8-2-4-11-25(22)34-26-12-5-3-9-23(26)28/h2,4,8,11,13-16,18,24H,3,5-7,9-10,12,17,31H2,1H3,(H,32,34)(H,33,35,36). The highest BCUT2D eigenvalue weighted by Crippen LogP contribution is 2.33. The summed E-state index contributed by atoms with van der Waals surface area (Å²) in [5.41, 5.74) is 13.6. The van der Waals surface area contributed by atoms with E-state index in [1.54, 1.807) is 0 Å². The third-order valence-corrected chi connectivity index (χ3v) is 7.79. The first-order valence-corrected chi connectivity index (χ1v) is 14.2. The topological polar surface area (TPSA) is 88.8 Å². The number of anilines is 3. The monoisotopic (exact) mass is 532 g/mol. The Labute approximate surface area is 227 Å². The van der Waals surface area contributed by atoms with Gasteiger partial charge in [0.15, 0.2) is 5.82 Å². The number of halogens is 1. The molecule has 4 aromatic rings. The Morgan fingerprint density at radius 3 is 2.76 bits per heavy atom. The number of pyridine rings is 1. The van der Waals surface area contributed by atoms with Crippen LogP contribution in [0.3, 0.4) is 0 Å². The van der Waals surface area contributed by atoms with Crippen molar-refractivity contribution >= 4 is 56.6 Å². The second-order valence-electron chi connectivity index (χ2n) is 9.64. The molecule has 1 atom stereocenters. The zero-order valence-electron chi connectivity index (χ0n) is 21.1. The fourth-order valence-corrected chi connectivity index (χ4v) is 5.51. The molecule has 2 heterocycles. The fourth-order valence-electron chi connectivity index (χ4n) is 4.82. The third kappa shape index (κ3) is 6.47. The molecule has 1 aliphatic rings. The van der Waals surface area contributed by atoms with E-state index in [1.807, 2.05) is 30.3 Å². The molecule has 2 aromatic heterocycles. The van der Waals surface area contributed by atoms with E-state index in [4.69, 9.17) is 22.3 Å². The number of nitrogens with zero attached hydrogens (tertiary/aromatic N) is 3. The van der Waals surface area contributed by atoms with Crippen LogP contribution in [0.1, 0.15) is 56.1 Å². The van der Waals surface area contributed by atoms with Gasteiger partial charge in [0.05, 0.1) is 5.52 Å². The summed E-state index contributed by atoms with van der Waals surface area (Å²) in [6.45, 7) is 2.99. The van der Waals surface area contributed by atoms with Gasteiger partial charge in [0.1, 0.15) is 0 Å². The Hall–Kier alpha value is -3.00. The minimum absolute atomic E-state index is 0.00862. The van der Waals surface area contributed by atoms with Crippen molar-refractivity contribution in [3.8, 4) is 0 Å². The summed E-state index contributed by atoms with van der Waals surface area (Å²) in [6.07, 6.45) is 9.72. The van der Waals surface area contributed by atoms with Gasteiger partial charge in [-0.05, 0) is 93.8 Å². The van der Waals surface area contributed by atoms with Gasteiger partial charge < -0.3 is 16.4 Å². The number of rotatable bonds is 10. The van der Waals surface area contributed by atoms with E-state index in [0.29, 0.717) is 10.8 Å². The lowest BCUT2D eigenvalue weighted by atomic mass is 9.92. The number of aryl methyl sites for hydroxylation is 1.